The van der Waals surface area contributed by atoms with Crippen molar-refractivity contribution in [1.82, 2.24) is 19.7 Å². The van der Waals surface area contributed by atoms with E-state index in [2.05, 4.69) is 5.10 Å². The van der Waals surface area contributed by atoms with Crippen molar-refractivity contribution in [3.63, 3.8) is 0 Å². The van der Waals surface area contributed by atoms with E-state index in [1.165, 1.54) is 4.88 Å². The van der Waals surface area contributed by atoms with Gasteiger partial charge in [-0.15, -0.1) is 11.3 Å². The Bertz CT molecular complexity index is 1100. The molecule has 3 aromatic heterocycles. The summed E-state index contributed by atoms with van der Waals surface area (Å²) < 4.78 is 6.93. The van der Waals surface area contributed by atoms with E-state index in [9.17, 15) is 9.59 Å². The van der Waals surface area contributed by atoms with Gasteiger partial charge in [0.15, 0.2) is 5.65 Å². The third-order valence-electron chi connectivity index (χ3n) is 5.13. The molecule has 0 radical (unpaired) electrons. The molecule has 8 heteroatoms. The number of nitrogens with zero attached hydrogens (tertiary/aromatic N) is 4. The quantitative estimate of drug-likeness (QED) is 0.529. The Labute approximate surface area is 179 Å². The molecule has 7 nitrogen and oxygen atoms in total. The summed E-state index contributed by atoms with van der Waals surface area (Å²) in [4.78, 5) is 34.4. The number of amides is 1. The molecule has 1 aliphatic carbocycles. The average molecular weight is 427 g/mol. The first-order valence-electron chi connectivity index (χ1n) is 10.3. The first-order valence-corrected chi connectivity index (χ1v) is 11.1. The minimum atomic E-state index is -0.380. The van der Waals surface area contributed by atoms with Crippen molar-refractivity contribution in [2.45, 2.75) is 52.6 Å². The van der Waals surface area contributed by atoms with Gasteiger partial charge in [0.05, 0.1) is 34.3 Å². The molecule has 0 bridgehead atoms. The third kappa shape index (κ3) is 3.96. The number of ether oxygens (including phenoxy) is 1. The maximum atomic E-state index is 13.6. The maximum absolute atomic E-state index is 13.6. The Morgan fingerprint density at radius 3 is 2.70 bits per heavy atom. The lowest BCUT2D eigenvalue weighted by Crippen LogP contribution is -2.38. The summed E-state index contributed by atoms with van der Waals surface area (Å²) in [5, 5.41) is 5.19. The zero-order valence-electron chi connectivity index (χ0n) is 17.7. The van der Waals surface area contributed by atoms with E-state index < -0.39 is 0 Å². The maximum Gasteiger partial charge on any atom is 0.325 e. The molecule has 0 N–H and O–H groups in total. The highest BCUT2D eigenvalue weighted by Gasteiger charge is 2.36. The minimum Gasteiger partial charge on any atom is -0.465 e. The summed E-state index contributed by atoms with van der Waals surface area (Å²) in [6, 6.07) is 6.10. The largest absolute Gasteiger partial charge is 0.465 e. The molecule has 1 fully saturated rings. The Morgan fingerprint density at radius 1 is 1.33 bits per heavy atom. The number of fused-ring (bicyclic) bond motifs is 1. The number of thiophene rings is 1. The second kappa shape index (κ2) is 8.18. The van der Waals surface area contributed by atoms with Crippen molar-refractivity contribution < 1.29 is 14.3 Å². The van der Waals surface area contributed by atoms with Gasteiger partial charge in [-0.3, -0.25) is 9.59 Å². The molecule has 0 unspecified atom stereocenters. The monoisotopic (exact) mass is 426 g/mol. The molecule has 158 valence electrons. The van der Waals surface area contributed by atoms with E-state index in [-0.39, 0.29) is 30.5 Å². The topological polar surface area (TPSA) is 77.3 Å². The van der Waals surface area contributed by atoms with E-state index >= 15 is 0 Å². The van der Waals surface area contributed by atoms with Crippen LogP contribution in [0.1, 0.15) is 54.9 Å². The number of aryl methyl sites for hydroxylation is 1. The standard InChI is InChI=1S/C22H26N4O3S/c1-5-29-20(27)12-25(15-7-8-15)22(28)16-10-18(19-9-6-14(4)30-19)24-21-17(16)11-23-26(21)13(2)3/h6,9-11,13,15H,5,7-8,12H2,1-4H3. The van der Waals surface area contributed by atoms with Gasteiger partial charge in [0.1, 0.15) is 6.54 Å². The lowest BCUT2D eigenvalue weighted by Gasteiger charge is -2.22. The molecule has 0 spiro atoms. The van der Waals surface area contributed by atoms with Crippen molar-refractivity contribution in [3.05, 3.63) is 34.8 Å². The first kappa shape index (κ1) is 20.5. The van der Waals surface area contributed by atoms with E-state index in [0.717, 1.165) is 23.4 Å². The average Bonchev–Trinajstić information content (AvgIpc) is 3.30. The minimum absolute atomic E-state index is 0.0348. The van der Waals surface area contributed by atoms with E-state index in [1.807, 2.05) is 43.7 Å². The number of esters is 1. The Hall–Kier alpha value is -2.74. The molecule has 3 aromatic rings. The molecule has 1 aliphatic rings. The van der Waals surface area contributed by atoms with Gasteiger partial charge in [0.2, 0.25) is 0 Å². The van der Waals surface area contributed by atoms with Gasteiger partial charge in [0.25, 0.3) is 5.91 Å². The number of carbonyl (C=O) groups is 2. The summed E-state index contributed by atoms with van der Waals surface area (Å²) in [6.07, 6.45) is 3.51. The molecule has 30 heavy (non-hydrogen) atoms. The van der Waals surface area contributed by atoms with E-state index in [4.69, 9.17) is 9.72 Å². The van der Waals surface area contributed by atoms with Gasteiger partial charge in [0, 0.05) is 17.0 Å². The number of hydrogen-bond acceptors (Lipinski definition) is 6. The van der Waals surface area contributed by atoms with Crippen molar-refractivity contribution in [2.75, 3.05) is 13.2 Å². The second-order valence-electron chi connectivity index (χ2n) is 7.85. The lowest BCUT2D eigenvalue weighted by atomic mass is 10.1. The summed E-state index contributed by atoms with van der Waals surface area (Å²) in [7, 11) is 0. The predicted octanol–water partition coefficient (Wildman–Crippen LogP) is 4.22. The number of hydrogen-bond donors (Lipinski definition) is 0. The molecule has 0 saturated heterocycles. The fraction of sp³-hybridized carbons (Fsp3) is 0.455. The highest BCUT2D eigenvalue weighted by Crippen LogP contribution is 2.33. The Balaban J connectivity index is 1.81. The molecule has 3 heterocycles. The predicted molar refractivity (Wildman–Crippen MR) is 117 cm³/mol. The number of pyridine rings is 1. The summed E-state index contributed by atoms with van der Waals surface area (Å²) >= 11 is 1.64. The van der Waals surface area contributed by atoms with Gasteiger partial charge in [-0.2, -0.15) is 5.10 Å². The van der Waals surface area contributed by atoms with Crippen LogP contribution in [-0.4, -0.2) is 50.7 Å². The summed E-state index contributed by atoms with van der Waals surface area (Å²) in [5.74, 6) is -0.550. The van der Waals surface area contributed by atoms with Crippen LogP contribution in [0.3, 0.4) is 0 Å². The van der Waals surface area contributed by atoms with Crippen molar-refractivity contribution in [3.8, 4) is 10.6 Å². The van der Waals surface area contributed by atoms with Crippen LogP contribution in [-0.2, 0) is 9.53 Å². The van der Waals surface area contributed by atoms with Crippen LogP contribution < -0.4 is 0 Å². The van der Waals surface area contributed by atoms with Crippen LogP contribution in [0.2, 0.25) is 0 Å². The highest BCUT2D eigenvalue weighted by molar-refractivity contribution is 7.15. The summed E-state index contributed by atoms with van der Waals surface area (Å²) in [5.41, 5.74) is 1.96. The summed E-state index contributed by atoms with van der Waals surface area (Å²) in [6.45, 7) is 8.15. The number of aromatic nitrogens is 3. The zero-order valence-corrected chi connectivity index (χ0v) is 18.5. The van der Waals surface area contributed by atoms with Crippen molar-refractivity contribution >= 4 is 34.2 Å². The molecule has 0 aliphatic heterocycles. The molecular weight excluding hydrogens is 400 g/mol. The molecule has 0 atom stereocenters. The number of carbonyl (C=O) groups excluding carboxylic acids is 2. The lowest BCUT2D eigenvalue weighted by molar-refractivity contribution is -0.144. The number of rotatable bonds is 7. The first-order chi connectivity index (χ1) is 14.4. The smallest absolute Gasteiger partial charge is 0.325 e. The SMILES string of the molecule is CCOC(=O)CN(C(=O)c1cc(-c2ccc(C)s2)nc2c1cnn2C(C)C)C1CC1. The van der Waals surface area contributed by atoms with Gasteiger partial charge >= 0.3 is 5.97 Å². The van der Waals surface area contributed by atoms with Crippen LogP contribution in [0.4, 0.5) is 0 Å². The highest BCUT2D eigenvalue weighted by atomic mass is 32.1. The van der Waals surface area contributed by atoms with Crippen molar-refractivity contribution in [1.29, 1.82) is 0 Å². The third-order valence-corrected chi connectivity index (χ3v) is 6.16. The van der Waals surface area contributed by atoms with Crippen LogP contribution in [0.15, 0.2) is 24.4 Å². The van der Waals surface area contributed by atoms with Crippen LogP contribution in [0.25, 0.3) is 21.6 Å². The molecule has 1 amide bonds. The molecule has 4 rings (SSSR count). The van der Waals surface area contributed by atoms with Gasteiger partial charge in [-0.25, -0.2) is 9.67 Å². The van der Waals surface area contributed by atoms with Crippen LogP contribution >= 0.6 is 11.3 Å². The zero-order chi connectivity index (χ0) is 21.4. The van der Waals surface area contributed by atoms with E-state index in [0.29, 0.717) is 23.2 Å². The fourth-order valence-electron chi connectivity index (χ4n) is 3.52. The van der Waals surface area contributed by atoms with Crippen LogP contribution in [0.5, 0.6) is 0 Å². The van der Waals surface area contributed by atoms with Gasteiger partial charge in [-0.05, 0) is 58.7 Å². The molecule has 1 saturated carbocycles. The van der Waals surface area contributed by atoms with Gasteiger partial charge in [-0.1, -0.05) is 0 Å². The normalized spacial score (nSPS) is 13.8. The second-order valence-corrected chi connectivity index (χ2v) is 9.14. The Morgan fingerprint density at radius 2 is 2.10 bits per heavy atom. The molecule has 0 aromatic carbocycles. The van der Waals surface area contributed by atoms with Gasteiger partial charge < -0.3 is 9.64 Å². The van der Waals surface area contributed by atoms with Crippen molar-refractivity contribution in [2.24, 2.45) is 0 Å². The fourth-order valence-corrected chi connectivity index (χ4v) is 4.35. The van der Waals surface area contributed by atoms with E-state index in [1.54, 1.807) is 29.4 Å². The van der Waals surface area contributed by atoms with Crippen LogP contribution in [0, 0.1) is 6.92 Å². The molecular formula is C22H26N4O3S. The Kier molecular flexibility index (Phi) is 5.60.